The molecule has 120 valence electrons. The molecule has 2 unspecified atom stereocenters. The van der Waals surface area contributed by atoms with E-state index in [9.17, 15) is 9.59 Å². The standard InChI is InChI=1S/C15H26N2O4/c1-15(2)9-12(6-8-21-15)16-14(20)17-7-5-11(10-17)3-4-13(18)19/h11-12H,3-10H2,1-2H3,(H,16,20)(H,18,19). The first kappa shape index (κ1) is 16.1. The highest BCUT2D eigenvalue weighted by Crippen LogP contribution is 2.25. The van der Waals surface area contributed by atoms with E-state index in [0.717, 1.165) is 25.8 Å². The van der Waals surface area contributed by atoms with E-state index in [1.807, 2.05) is 18.7 Å². The molecule has 2 rings (SSSR count). The van der Waals surface area contributed by atoms with Crippen molar-refractivity contribution in [3.05, 3.63) is 0 Å². The molecule has 2 heterocycles. The van der Waals surface area contributed by atoms with Crippen LogP contribution in [-0.4, -0.2) is 53.3 Å². The Hall–Kier alpha value is -1.30. The Morgan fingerprint density at radius 3 is 2.81 bits per heavy atom. The largest absolute Gasteiger partial charge is 0.481 e. The molecular weight excluding hydrogens is 272 g/mol. The van der Waals surface area contributed by atoms with Crippen molar-refractivity contribution in [2.45, 2.75) is 57.6 Å². The fourth-order valence-corrected chi connectivity index (χ4v) is 3.20. The van der Waals surface area contributed by atoms with Crippen molar-refractivity contribution in [3.8, 4) is 0 Å². The lowest BCUT2D eigenvalue weighted by atomic mass is 9.94. The first-order valence-corrected chi connectivity index (χ1v) is 7.77. The third-order valence-electron chi connectivity index (χ3n) is 4.36. The van der Waals surface area contributed by atoms with Crippen molar-refractivity contribution in [2.75, 3.05) is 19.7 Å². The molecule has 0 radical (unpaired) electrons. The molecule has 2 saturated heterocycles. The van der Waals surface area contributed by atoms with Crippen LogP contribution in [0.3, 0.4) is 0 Å². The highest BCUT2D eigenvalue weighted by molar-refractivity contribution is 5.74. The minimum atomic E-state index is -0.762. The van der Waals surface area contributed by atoms with Crippen LogP contribution in [0.1, 0.15) is 46.0 Å². The number of carbonyl (C=O) groups excluding carboxylic acids is 1. The molecule has 0 aliphatic carbocycles. The second-order valence-electron chi connectivity index (χ2n) is 6.78. The van der Waals surface area contributed by atoms with Gasteiger partial charge in [0, 0.05) is 32.2 Å². The summed E-state index contributed by atoms with van der Waals surface area (Å²) in [5.41, 5.74) is -0.175. The van der Waals surface area contributed by atoms with E-state index in [2.05, 4.69) is 5.32 Å². The number of hydrogen-bond acceptors (Lipinski definition) is 3. The number of amides is 2. The van der Waals surface area contributed by atoms with Gasteiger partial charge in [-0.1, -0.05) is 0 Å². The molecule has 21 heavy (non-hydrogen) atoms. The zero-order valence-corrected chi connectivity index (χ0v) is 12.9. The average molecular weight is 298 g/mol. The molecule has 0 aromatic heterocycles. The maximum atomic E-state index is 12.3. The Labute approximate surface area is 125 Å². The first-order chi connectivity index (χ1) is 9.85. The van der Waals surface area contributed by atoms with E-state index in [0.29, 0.717) is 25.5 Å². The van der Waals surface area contributed by atoms with Gasteiger partial charge >= 0.3 is 12.0 Å². The number of carboxylic acid groups (broad SMARTS) is 1. The van der Waals surface area contributed by atoms with Crippen molar-refractivity contribution < 1.29 is 19.4 Å². The van der Waals surface area contributed by atoms with Crippen LogP contribution in [0.25, 0.3) is 0 Å². The van der Waals surface area contributed by atoms with Crippen LogP contribution in [0.5, 0.6) is 0 Å². The van der Waals surface area contributed by atoms with Crippen LogP contribution in [0.15, 0.2) is 0 Å². The molecule has 0 saturated carbocycles. The smallest absolute Gasteiger partial charge is 0.317 e. The summed E-state index contributed by atoms with van der Waals surface area (Å²) in [5.74, 6) is -0.444. The minimum Gasteiger partial charge on any atom is -0.481 e. The molecule has 2 fully saturated rings. The van der Waals surface area contributed by atoms with Crippen molar-refractivity contribution in [3.63, 3.8) is 0 Å². The zero-order chi connectivity index (χ0) is 15.5. The first-order valence-electron chi connectivity index (χ1n) is 7.77. The lowest BCUT2D eigenvalue weighted by Gasteiger charge is -2.36. The van der Waals surface area contributed by atoms with Gasteiger partial charge in [0.2, 0.25) is 0 Å². The number of likely N-dealkylation sites (tertiary alicyclic amines) is 1. The van der Waals surface area contributed by atoms with E-state index in [-0.39, 0.29) is 24.1 Å². The molecule has 2 N–H and O–H groups in total. The van der Waals surface area contributed by atoms with Crippen LogP contribution < -0.4 is 5.32 Å². The highest BCUT2D eigenvalue weighted by Gasteiger charge is 2.32. The van der Waals surface area contributed by atoms with E-state index in [4.69, 9.17) is 9.84 Å². The van der Waals surface area contributed by atoms with E-state index < -0.39 is 5.97 Å². The maximum Gasteiger partial charge on any atom is 0.317 e. The van der Waals surface area contributed by atoms with Gasteiger partial charge in [0.05, 0.1) is 5.60 Å². The number of nitrogens with zero attached hydrogens (tertiary/aromatic N) is 1. The number of urea groups is 1. The van der Waals surface area contributed by atoms with Crippen molar-refractivity contribution in [1.29, 1.82) is 0 Å². The van der Waals surface area contributed by atoms with Gasteiger partial charge in [0.15, 0.2) is 0 Å². The maximum absolute atomic E-state index is 12.3. The summed E-state index contributed by atoms with van der Waals surface area (Å²) < 4.78 is 5.65. The second kappa shape index (κ2) is 6.64. The Bertz CT molecular complexity index is 397. The second-order valence-corrected chi connectivity index (χ2v) is 6.78. The predicted octanol–water partition coefficient (Wildman–Crippen LogP) is 1.84. The molecule has 0 aromatic carbocycles. The molecule has 2 aliphatic rings. The predicted molar refractivity (Wildman–Crippen MR) is 78.1 cm³/mol. The molecule has 2 amide bonds. The van der Waals surface area contributed by atoms with Gasteiger partial charge in [0.25, 0.3) is 0 Å². The van der Waals surface area contributed by atoms with E-state index in [1.165, 1.54) is 0 Å². The third kappa shape index (κ3) is 4.88. The number of hydrogen-bond donors (Lipinski definition) is 2. The lowest BCUT2D eigenvalue weighted by Crippen LogP contribution is -2.49. The van der Waals surface area contributed by atoms with Crippen LogP contribution >= 0.6 is 0 Å². The summed E-state index contributed by atoms with van der Waals surface area (Å²) in [6.45, 7) is 6.17. The number of nitrogens with one attached hydrogen (secondary N) is 1. The summed E-state index contributed by atoms with van der Waals surface area (Å²) in [5, 5.41) is 11.8. The Morgan fingerprint density at radius 2 is 2.14 bits per heavy atom. The average Bonchev–Trinajstić information content (AvgIpc) is 2.84. The monoisotopic (exact) mass is 298 g/mol. The summed E-state index contributed by atoms with van der Waals surface area (Å²) in [6, 6.07) is 0.148. The Kier molecular flexibility index (Phi) is 5.08. The summed E-state index contributed by atoms with van der Waals surface area (Å²) in [7, 11) is 0. The van der Waals surface area contributed by atoms with Crippen LogP contribution in [0, 0.1) is 5.92 Å². The summed E-state index contributed by atoms with van der Waals surface area (Å²) >= 11 is 0. The molecule has 6 nitrogen and oxygen atoms in total. The summed E-state index contributed by atoms with van der Waals surface area (Å²) in [4.78, 5) is 24.7. The van der Waals surface area contributed by atoms with E-state index in [1.54, 1.807) is 0 Å². The minimum absolute atomic E-state index is 0.0180. The molecule has 2 aliphatic heterocycles. The normalized spacial score (nSPS) is 28.4. The molecular formula is C15H26N2O4. The number of ether oxygens (including phenoxy) is 1. The van der Waals surface area contributed by atoms with Gasteiger partial charge in [0.1, 0.15) is 0 Å². The Morgan fingerprint density at radius 1 is 1.38 bits per heavy atom. The quantitative estimate of drug-likeness (QED) is 0.830. The molecule has 6 heteroatoms. The third-order valence-corrected chi connectivity index (χ3v) is 4.36. The molecule has 2 atom stereocenters. The molecule has 0 bridgehead atoms. The van der Waals surface area contributed by atoms with Gasteiger partial charge < -0.3 is 20.1 Å². The molecule has 0 spiro atoms. The van der Waals surface area contributed by atoms with Gasteiger partial charge in [-0.15, -0.1) is 0 Å². The number of carboxylic acids is 1. The number of rotatable bonds is 4. The van der Waals surface area contributed by atoms with Gasteiger partial charge in [-0.2, -0.15) is 0 Å². The number of carbonyl (C=O) groups is 2. The van der Waals surface area contributed by atoms with Crippen molar-refractivity contribution >= 4 is 12.0 Å². The van der Waals surface area contributed by atoms with Crippen LogP contribution in [0.2, 0.25) is 0 Å². The van der Waals surface area contributed by atoms with E-state index >= 15 is 0 Å². The van der Waals surface area contributed by atoms with Gasteiger partial charge in [-0.25, -0.2) is 4.79 Å². The molecule has 0 aromatic rings. The fourth-order valence-electron chi connectivity index (χ4n) is 3.20. The van der Waals surface area contributed by atoms with Gasteiger partial charge in [-0.05, 0) is 45.4 Å². The topological polar surface area (TPSA) is 78.9 Å². The Balaban J connectivity index is 1.75. The summed E-state index contributed by atoms with van der Waals surface area (Å²) in [6.07, 6.45) is 3.43. The highest BCUT2D eigenvalue weighted by atomic mass is 16.5. The van der Waals surface area contributed by atoms with Gasteiger partial charge in [-0.3, -0.25) is 4.79 Å². The van der Waals surface area contributed by atoms with Crippen molar-refractivity contribution in [1.82, 2.24) is 10.2 Å². The van der Waals surface area contributed by atoms with Crippen LogP contribution in [-0.2, 0) is 9.53 Å². The van der Waals surface area contributed by atoms with Crippen LogP contribution in [0.4, 0.5) is 4.79 Å². The number of aliphatic carboxylic acids is 1. The lowest BCUT2D eigenvalue weighted by molar-refractivity contribution is -0.137. The SMILES string of the molecule is CC1(C)CC(NC(=O)N2CCC(CCC(=O)O)C2)CCO1. The zero-order valence-electron chi connectivity index (χ0n) is 12.9. The fraction of sp³-hybridized carbons (Fsp3) is 0.867. The van der Waals surface area contributed by atoms with Crippen molar-refractivity contribution in [2.24, 2.45) is 5.92 Å².